The van der Waals surface area contributed by atoms with Gasteiger partial charge in [0.05, 0.1) is 0 Å². The van der Waals surface area contributed by atoms with E-state index in [4.69, 9.17) is 0 Å². The van der Waals surface area contributed by atoms with Crippen LogP contribution in [0.1, 0.15) is 301 Å². The topological polar surface area (TPSA) is 0 Å². The molecule has 0 amide bonds. The Labute approximate surface area is 338 Å². The van der Waals surface area contributed by atoms with Gasteiger partial charge >= 0.3 is 0 Å². The molecule has 0 atom stereocenters. The minimum Gasteiger partial charge on any atom is -0.0654 e. The van der Waals surface area contributed by atoms with E-state index in [9.17, 15) is 0 Å². The highest BCUT2D eigenvalue weighted by Gasteiger charge is 2.02. The largest absolute Gasteiger partial charge is 0.0654 e. The first-order chi connectivity index (χ1) is 26.2. The van der Waals surface area contributed by atoms with Crippen molar-refractivity contribution >= 4 is 0 Å². The quantitative estimate of drug-likeness (QED) is 0.0587. The minimum atomic E-state index is 1.28. The van der Waals surface area contributed by atoms with Gasteiger partial charge in [0.15, 0.2) is 0 Å². The summed E-state index contributed by atoms with van der Waals surface area (Å²) in [6.45, 7) is 11.5. The first kappa shape index (κ1) is 52.2. The van der Waals surface area contributed by atoms with Crippen molar-refractivity contribution in [3.8, 4) is 0 Å². The van der Waals surface area contributed by atoms with Crippen LogP contribution in [0.2, 0.25) is 0 Å². The van der Waals surface area contributed by atoms with Crippen molar-refractivity contribution in [3.63, 3.8) is 0 Å². The highest BCUT2D eigenvalue weighted by Crippen LogP contribution is 2.19. The Bertz CT molecular complexity index is 729. The smallest absolute Gasteiger partial charge is 0.0279 e. The maximum atomic E-state index is 2.52. The summed E-state index contributed by atoms with van der Waals surface area (Å²) in [7, 11) is 0. The summed E-state index contributed by atoms with van der Waals surface area (Å²) >= 11 is 0. The first-order valence-electron chi connectivity index (χ1n) is 25.3. The molecule has 1 rings (SSSR count). The van der Waals surface area contributed by atoms with Crippen molar-refractivity contribution in [1.29, 1.82) is 0 Å². The van der Waals surface area contributed by atoms with Crippen LogP contribution in [0.15, 0.2) is 18.2 Å². The Hall–Kier alpha value is -0.780. The molecule has 1 aromatic carbocycles. The van der Waals surface area contributed by atoms with Gasteiger partial charge in [0.1, 0.15) is 0 Å². The number of unbranched alkanes of at least 4 members (excludes halogenated alkanes) is 37. The fraction of sp³-hybridized carbons (Fsp3) is 0.887. The zero-order valence-corrected chi connectivity index (χ0v) is 37.9. The summed E-state index contributed by atoms with van der Waals surface area (Å²) in [6.07, 6.45) is 60.5. The molecular weight excluding hydrogens is 637 g/mol. The second-order valence-corrected chi connectivity index (χ2v) is 17.6. The monoisotopic (exact) mass is 739 g/mol. The second-order valence-electron chi connectivity index (χ2n) is 17.6. The molecule has 0 fully saturated rings. The molecule has 0 radical (unpaired) electrons. The van der Waals surface area contributed by atoms with Crippen LogP contribution in [0.25, 0.3) is 0 Å². The summed E-state index contributed by atoms with van der Waals surface area (Å²) < 4.78 is 0. The molecule has 0 N–H and O–H groups in total. The zero-order chi connectivity index (χ0) is 38.6. The number of benzene rings is 1. The summed E-state index contributed by atoms with van der Waals surface area (Å²) in [4.78, 5) is 0. The molecule has 0 nitrogen and oxygen atoms in total. The summed E-state index contributed by atoms with van der Waals surface area (Å²) in [5.41, 5.74) is 4.65. The lowest BCUT2D eigenvalue weighted by Gasteiger charge is -2.09. The van der Waals surface area contributed by atoms with Gasteiger partial charge in [-0.25, -0.2) is 0 Å². The van der Waals surface area contributed by atoms with Gasteiger partial charge in [0, 0.05) is 0 Å². The number of rotatable bonds is 41. The molecule has 0 saturated heterocycles. The molecule has 0 spiro atoms. The molecule has 0 heteroatoms. The van der Waals surface area contributed by atoms with Gasteiger partial charge in [-0.2, -0.15) is 0 Å². The van der Waals surface area contributed by atoms with Crippen molar-refractivity contribution in [2.75, 3.05) is 0 Å². The molecular formula is C53H102. The average molecular weight is 739 g/mol. The van der Waals surface area contributed by atoms with Crippen LogP contribution < -0.4 is 0 Å². The predicted molar refractivity (Wildman–Crippen MR) is 246 cm³/mol. The van der Waals surface area contributed by atoms with E-state index in [2.05, 4.69) is 52.8 Å². The van der Waals surface area contributed by atoms with Gasteiger partial charge in [0.25, 0.3) is 0 Å². The lowest BCUT2D eigenvalue weighted by molar-refractivity contribution is 0.538. The third-order valence-electron chi connectivity index (χ3n) is 11.8. The van der Waals surface area contributed by atoms with Crippen LogP contribution in [-0.4, -0.2) is 0 Å². The third kappa shape index (κ3) is 42.2. The second kappa shape index (κ2) is 45.6. The van der Waals surface area contributed by atoms with E-state index in [1.807, 2.05) is 0 Å². The standard InChI is InChI=1S/C37H68.C16H34/c1-4-6-8-10-12-14-16-18-20-22-24-26-28-30-36-32-35(3)33-37(34-36)31-29-27-25-23-21-19-17-15-13-11-9-7-5-2;1-3-5-7-9-11-13-15-16-14-12-10-8-6-4-2/h32-34H,4-31H2,1-3H3;3-16H2,1-2H3. The van der Waals surface area contributed by atoms with Crippen molar-refractivity contribution in [1.82, 2.24) is 0 Å². The lowest BCUT2D eigenvalue weighted by Crippen LogP contribution is -1.93. The van der Waals surface area contributed by atoms with Crippen LogP contribution in [-0.2, 0) is 12.8 Å². The number of hydrogen-bond acceptors (Lipinski definition) is 0. The van der Waals surface area contributed by atoms with E-state index in [0.29, 0.717) is 0 Å². The number of aryl methyl sites for hydroxylation is 3. The van der Waals surface area contributed by atoms with Gasteiger partial charge in [-0.3, -0.25) is 0 Å². The van der Waals surface area contributed by atoms with Gasteiger partial charge in [-0.05, 0) is 43.7 Å². The van der Waals surface area contributed by atoms with Gasteiger partial charge < -0.3 is 0 Å². The van der Waals surface area contributed by atoms with E-state index in [-0.39, 0.29) is 0 Å². The van der Waals surface area contributed by atoms with Crippen LogP contribution in [0.5, 0.6) is 0 Å². The van der Waals surface area contributed by atoms with Crippen LogP contribution in [0.4, 0.5) is 0 Å². The summed E-state index contributed by atoms with van der Waals surface area (Å²) in [6, 6.07) is 7.40. The highest BCUT2D eigenvalue weighted by atomic mass is 14.1. The predicted octanol–water partition coefficient (Wildman–Crippen LogP) is 19.8. The van der Waals surface area contributed by atoms with Crippen molar-refractivity contribution in [2.45, 2.75) is 304 Å². The fourth-order valence-corrected chi connectivity index (χ4v) is 8.20. The van der Waals surface area contributed by atoms with Crippen molar-refractivity contribution in [3.05, 3.63) is 34.9 Å². The van der Waals surface area contributed by atoms with E-state index >= 15 is 0 Å². The zero-order valence-electron chi connectivity index (χ0n) is 37.9. The summed E-state index contributed by atoms with van der Waals surface area (Å²) in [5, 5.41) is 0. The van der Waals surface area contributed by atoms with E-state index in [1.54, 1.807) is 11.1 Å². The Kier molecular flexibility index (Phi) is 44.9. The third-order valence-corrected chi connectivity index (χ3v) is 11.8. The highest BCUT2D eigenvalue weighted by molar-refractivity contribution is 5.29. The van der Waals surface area contributed by atoms with Gasteiger partial charge in [-0.1, -0.05) is 295 Å². The minimum absolute atomic E-state index is 1.28. The normalized spacial score (nSPS) is 11.3. The van der Waals surface area contributed by atoms with E-state index < -0.39 is 0 Å². The molecule has 53 heavy (non-hydrogen) atoms. The molecule has 0 aliphatic carbocycles. The lowest BCUT2D eigenvalue weighted by atomic mass is 9.97. The fourth-order valence-electron chi connectivity index (χ4n) is 8.20. The molecule has 314 valence electrons. The first-order valence-corrected chi connectivity index (χ1v) is 25.3. The Morgan fingerprint density at radius 2 is 0.396 bits per heavy atom. The van der Waals surface area contributed by atoms with Crippen LogP contribution in [0, 0.1) is 6.92 Å². The molecule has 1 aromatic rings. The Morgan fingerprint density at radius 3 is 0.585 bits per heavy atom. The molecule has 0 bridgehead atoms. The number of hydrogen-bond donors (Lipinski definition) is 0. The Balaban J connectivity index is 0.00000141. The van der Waals surface area contributed by atoms with Crippen molar-refractivity contribution in [2.24, 2.45) is 0 Å². The molecule has 0 heterocycles. The van der Waals surface area contributed by atoms with Crippen molar-refractivity contribution < 1.29 is 0 Å². The molecule has 0 aliphatic heterocycles. The molecule has 0 unspecified atom stereocenters. The van der Waals surface area contributed by atoms with Gasteiger partial charge in [0.2, 0.25) is 0 Å². The molecule has 0 saturated carbocycles. The molecule has 0 aromatic heterocycles. The average Bonchev–Trinajstić information content (AvgIpc) is 3.16. The maximum Gasteiger partial charge on any atom is -0.0279 e. The summed E-state index contributed by atoms with van der Waals surface area (Å²) in [5.74, 6) is 0. The van der Waals surface area contributed by atoms with E-state index in [0.717, 1.165) is 0 Å². The maximum absolute atomic E-state index is 2.52. The van der Waals surface area contributed by atoms with Crippen LogP contribution >= 0.6 is 0 Å². The van der Waals surface area contributed by atoms with Crippen LogP contribution in [0.3, 0.4) is 0 Å². The molecule has 0 aliphatic rings. The SMILES string of the molecule is CCCCCCCCCCCCCCCC.CCCCCCCCCCCCCCCc1cc(C)cc(CCCCCCCCCCCCCCC)c1. The Morgan fingerprint density at radius 1 is 0.226 bits per heavy atom. The van der Waals surface area contributed by atoms with Gasteiger partial charge in [-0.15, -0.1) is 0 Å². The van der Waals surface area contributed by atoms with E-state index in [1.165, 1.54) is 275 Å².